The van der Waals surface area contributed by atoms with Crippen molar-refractivity contribution in [1.82, 2.24) is 0 Å². The fourth-order valence-corrected chi connectivity index (χ4v) is 17.9. The molecule has 0 radical (unpaired) electrons. The first-order valence-electron chi connectivity index (χ1n) is 7.44. The van der Waals surface area contributed by atoms with Gasteiger partial charge in [-0.05, 0) is 5.54 Å². The van der Waals surface area contributed by atoms with Crippen molar-refractivity contribution in [2.24, 2.45) is 0 Å². The number of hydrogen-bond acceptors (Lipinski definition) is 0. The Labute approximate surface area is 161 Å². The zero-order valence-electron chi connectivity index (χ0n) is 14.2. The van der Waals surface area contributed by atoms with E-state index in [1.165, 1.54) is 25.7 Å². The van der Waals surface area contributed by atoms with Crippen molar-refractivity contribution in [3.8, 4) is 0 Å². The van der Waals surface area contributed by atoms with Crippen LogP contribution in [0.1, 0.15) is 25.7 Å². The Morgan fingerprint density at radius 1 is 0.955 bits per heavy atom. The van der Waals surface area contributed by atoms with E-state index >= 15 is 0 Å². The Hall–Kier alpha value is 1.79. The first-order chi connectivity index (χ1) is 9.54. The predicted octanol–water partition coefficient (Wildman–Crippen LogP) is 8.00. The molecule has 0 spiro atoms. The van der Waals surface area contributed by atoms with Crippen LogP contribution < -0.4 is 0 Å². The van der Waals surface area contributed by atoms with E-state index in [4.69, 9.17) is 39.0 Å². The molecule has 0 nitrogen and oxygen atoms in total. The molecule has 2 rings (SSSR count). The van der Waals surface area contributed by atoms with Gasteiger partial charge in [0.1, 0.15) is 0 Å². The average molecular weight is 454 g/mol. The third kappa shape index (κ3) is 5.39. The van der Waals surface area contributed by atoms with E-state index in [-0.39, 0.29) is 12.1 Å². The van der Waals surface area contributed by atoms with E-state index in [1.54, 1.807) is 0 Å². The second-order valence-corrected chi connectivity index (χ2v) is 26.9. The number of halogens is 4. The minimum absolute atomic E-state index is 0. The molecule has 0 unspecified atom stereocenters. The molecule has 7 heteroatoms. The van der Waals surface area contributed by atoms with Crippen LogP contribution in [0, 0.1) is 7.43 Å². The van der Waals surface area contributed by atoms with Crippen LogP contribution >= 0.6 is 39.0 Å². The summed E-state index contributed by atoms with van der Waals surface area (Å²) in [6.45, 7) is 9.83. The quantitative estimate of drug-likeness (QED) is 0.230. The maximum absolute atomic E-state index is 6.93. The molecule has 0 heterocycles. The van der Waals surface area contributed by atoms with Crippen molar-refractivity contribution < 1.29 is 14.7 Å². The van der Waals surface area contributed by atoms with Crippen molar-refractivity contribution in [2.75, 3.05) is 0 Å². The fraction of sp³-hybridized carbons (Fsp3) is 0.667. The van der Waals surface area contributed by atoms with Crippen molar-refractivity contribution >= 4 is 54.5 Å². The van der Waals surface area contributed by atoms with Gasteiger partial charge in [-0.3, -0.25) is 0 Å². The van der Waals surface area contributed by atoms with Crippen LogP contribution in [-0.4, -0.2) is 15.5 Å². The molecule has 1 saturated carbocycles. The van der Waals surface area contributed by atoms with Gasteiger partial charge >= 0.3 is 42.6 Å². The molecule has 0 atom stereocenters. The van der Waals surface area contributed by atoms with E-state index in [0.717, 1.165) is 5.54 Å². The molecule has 0 N–H and O–H groups in total. The third-order valence-corrected chi connectivity index (χ3v) is 17.9. The van der Waals surface area contributed by atoms with Crippen molar-refractivity contribution in [2.45, 2.75) is 62.1 Å². The number of hydrogen-bond donors (Lipinski definition) is 0. The van der Waals surface area contributed by atoms with Gasteiger partial charge < -0.3 is 7.43 Å². The van der Waals surface area contributed by atoms with E-state index in [0.29, 0.717) is 0 Å². The molecule has 0 aliphatic heterocycles. The van der Waals surface area contributed by atoms with Gasteiger partial charge in [0.2, 0.25) is 0 Å². The summed E-state index contributed by atoms with van der Waals surface area (Å²) in [5.41, 5.74) is 0.973. The molecule has 2 aliphatic carbocycles. The molecule has 0 aromatic heterocycles. The minimum atomic E-state index is -1.92. The van der Waals surface area contributed by atoms with Crippen LogP contribution in [0.5, 0.6) is 0 Å². The van der Waals surface area contributed by atoms with Gasteiger partial charge in [-0.1, -0.05) is 76.2 Å². The zero-order valence-corrected chi connectivity index (χ0v) is 20.8. The molecule has 2 aliphatic rings. The first-order valence-corrected chi connectivity index (χ1v) is 21.0. The SMILES string of the molecule is C[Si](C)(Cl)C1([Si](C)(C)C2CCCC2)C=CC=C1.[CH3-].[Cl][Ti+]([Cl])[Cl]. The standard InChI is InChI=1S/C14H25ClSi2.CH3.3ClH.Ti/c1-16(2,13-9-5-6-10-13)14(17(3,4)15)11-7-8-12-14;;;;;/h7-8,11-13H,5-6,9-10H2,1-4H3;1H3;3*1H;/q;-1;;;;+4/p-3. The normalized spacial score (nSPS) is 20.4. The van der Waals surface area contributed by atoms with Gasteiger partial charge in [-0.15, -0.1) is 0 Å². The summed E-state index contributed by atoms with van der Waals surface area (Å²) in [4.78, 5) is 0. The van der Waals surface area contributed by atoms with Gasteiger partial charge in [0.15, 0.2) is 7.38 Å². The van der Waals surface area contributed by atoms with E-state index in [9.17, 15) is 0 Å². The second kappa shape index (κ2) is 9.48. The Morgan fingerprint density at radius 2 is 1.32 bits per heavy atom. The summed E-state index contributed by atoms with van der Waals surface area (Å²) >= 11 is 5.01. The Balaban J connectivity index is 0.000000791. The van der Waals surface area contributed by atoms with E-state index in [2.05, 4.69) is 50.5 Å². The van der Waals surface area contributed by atoms with Crippen molar-refractivity contribution in [3.05, 3.63) is 31.7 Å². The molecule has 0 amide bonds. The molecule has 22 heavy (non-hydrogen) atoms. The Morgan fingerprint density at radius 3 is 1.64 bits per heavy atom. The van der Waals surface area contributed by atoms with Gasteiger partial charge in [-0.2, -0.15) is 11.1 Å². The van der Waals surface area contributed by atoms with Gasteiger partial charge in [-0.25, -0.2) is 0 Å². The van der Waals surface area contributed by atoms with Crippen LogP contribution in [0.15, 0.2) is 24.3 Å². The van der Waals surface area contributed by atoms with Crippen LogP contribution in [-0.2, 0) is 14.7 Å². The number of allylic oxidation sites excluding steroid dienone is 4. The van der Waals surface area contributed by atoms with Crippen molar-refractivity contribution in [3.63, 3.8) is 0 Å². The van der Waals surface area contributed by atoms with Crippen LogP contribution in [0.3, 0.4) is 0 Å². The van der Waals surface area contributed by atoms with E-state index < -0.39 is 30.1 Å². The summed E-state index contributed by atoms with van der Waals surface area (Å²) in [6, 6.07) is 0. The van der Waals surface area contributed by atoms with Crippen LogP contribution in [0.25, 0.3) is 0 Å². The summed E-state index contributed by atoms with van der Waals surface area (Å²) in [5.74, 6) is 0. The summed E-state index contributed by atoms with van der Waals surface area (Å²) < 4.78 is 0.274. The molecule has 0 saturated heterocycles. The van der Waals surface area contributed by atoms with Gasteiger partial charge in [0.05, 0.1) is 8.07 Å². The van der Waals surface area contributed by atoms with E-state index in [1.807, 2.05) is 0 Å². The average Bonchev–Trinajstić information content (AvgIpc) is 3.00. The third-order valence-electron chi connectivity index (χ3n) is 5.26. The number of rotatable bonds is 3. The molecule has 128 valence electrons. The second-order valence-electron chi connectivity index (χ2n) is 6.98. The fourth-order valence-electron chi connectivity index (χ4n) is 4.05. The molecule has 0 aromatic carbocycles. The molecular formula is C15H28Cl4Si2Ti. The molecular weight excluding hydrogens is 426 g/mol. The topological polar surface area (TPSA) is 0 Å². The van der Waals surface area contributed by atoms with Crippen molar-refractivity contribution in [1.29, 1.82) is 0 Å². The van der Waals surface area contributed by atoms with Crippen LogP contribution in [0.2, 0.25) is 36.4 Å². The van der Waals surface area contributed by atoms with Gasteiger partial charge in [0.25, 0.3) is 0 Å². The molecule has 0 bridgehead atoms. The molecule has 1 fully saturated rings. The zero-order chi connectivity index (χ0) is 16.3. The summed E-state index contributed by atoms with van der Waals surface area (Å²) in [7, 11) is 11.8. The first kappa shape index (κ1) is 23.8. The predicted molar refractivity (Wildman–Crippen MR) is 108 cm³/mol. The summed E-state index contributed by atoms with van der Waals surface area (Å²) in [6.07, 6.45) is 15.2. The molecule has 0 aromatic rings. The Kier molecular flexibility index (Phi) is 10.2. The Bertz CT molecular complexity index is 382. The van der Waals surface area contributed by atoms with Crippen LogP contribution in [0.4, 0.5) is 0 Å². The maximum atomic E-state index is 6.93. The summed E-state index contributed by atoms with van der Waals surface area (Å²) in [5, 5.41) is 0. The van der Waals surface area contributed by atoms with Gasteiger partial charge in [0, 0.05) is 4.66 Å². The monoisotopic (exact) mass is 452 g/mol.